The van der Waals surface area contributed by atoms with Crippen LogP contribution in [-0.4, -0.2) is 0 Å². The number of hydrogen-bond acceptors (Lipinski definition) is 3. The molecule has 0 aliphatic carbocycles. The SMILES string of the molecule is c1cc(-c2ccc(N(c3ccc(-c4ccc5c(c4)sc4ccccc45)cc3)c3ccc(-c4cccc5c4oc4ccccc45)cc3)cc2)cc(-c2cccc3ccccc23)c1. The second kappa shape index (κ2) is 14.5. The largest absolute Gasteiger partial charge is 0.455 e. The van der Waals surface area contributed by atoms with Crippen LogP contribution in [0.1, 0.15) is 0 Å². The fraction of sp³-hybridized carbons (Fsp3) is 0. The van der Waals surface area contributed by atoms with Gasteiger partial charge in [-0.25, -0.2) is 0 Å². The number of benzene rings is 10. The van der Waals surface area contributed by atoms with E-state index >= 15 is 0 Å². The zero-order chi connectivity index (χ0) is 40.3. The van der Waals surface area contributed by atoms with E-state index in [1.54, 1.807) is 0 Å². The van der Waals surface area contributed by atoms with Crippen molar-refractivity contribution < 1.29 is 4.42 Å². The van der Waals surface area contributed by atoms with Crippen LogP contribution in [0.25, 0.3) is 97.4 Å². The van der Waals surface area contributed by atoms with Gasteiger partial charge in [0.05, 0.1) is 0 Å². The van der Waals surface area contributed by atoms with Gasteiger partial charge in [-0.05, 0) is 110 Å². The zero-order valence-electron chi connectivity index (χ0n) is 33.1. The lowest BCUT2D eigenvalue weighted by atomic mass is 9.95. The average molecular weight is 796 g/mol. The summed E-state index contributed by atoms with van der Waals surface area (Å²) in [6.07, 6.45) is 0. The summed E-state index contributed by atoms with van der Waals surface area (Å²) in [6.45, 7) is 0. The van der Waals surface area contributed by atoms with Crippen LogP contribution in [0.4, 0.5) is 17.1 Å². The molecule has 0 radical (unpaired) electrons. The number of para-hydroxylation sites is 2. The monoisotopic (exact) mass is 795 g/mol. The third kappa shape index (κ3) is 6.18. The first kappa shape index (κ1) is 35.2. The molecular weight excluding hydrogens is 759 g/mol. The molecule has 286 valence electrons. The van der Waals surface area contributed by atoms with E-state index in [0.717, 1.165) is 50.1 Å². The van der Waals surface area contributed by atoms with E-state index in [1.165, 1.54) is 64.3 Å². The molecule has 2 aromatic heterocycles. The minimum atomic E-state index is 0.906. The Morgan fingerprint density at radius 3 is 1.61 bits per heavy atom. The van der Waals surface area contributed by atoms with Gasteiger partial charge in [-0.1, -0.05) is 164 Å². The Morgan fingerprint density at radius 2 is 0.836 bits per heavy atom. The van der Waals surface area contributed by atoms with E-state index in [4.69, 9.17) is 4.42 Å². The molecule has 2 heterocycles. The summed E-state index contributed by atoms with van der Waals surface area (Å²) in [5, 5.41) is 7.42. The molecule has 0 amide bonds. The van der Waals surface area contributed by atoms with Crippen molar-refractivity contribution in [2.24, 2.45) is 0 Å². The van der Waals surface area contributed by atoms with Crippen molar-refractivity contribution in [1.82, 2.24) is 0 Å². The third-order valence-corrected chi connectivity index (χ3v) is 13.2. The Kier molecular flexibility index (Phi) is 8.39. The predicted octanol–water partition coefficient (Wildman–Crippen LogP) is 17.2. The van der Waals surface area contributed by atoms with Crippen LogP contribution in [0, 0.1) is 0 Å². The minimum Gasteiger partial charge on any atom is -0.455 e. The highest BCUT2D eigenvalue weighted by Crippen LogP contribution is 2.42. The number of anilines is 3. The smallest absolute Gasteiger partial charge is 0.143 e. The topological polar surface area (TPSA) is 16.4 Å². The molecule has 0 aliphatic rings. The standard InChI is InChI=1S/C58H37NOS/c1-2-14-48-40(10-1)11-8-17-49(48)44-13-7-12-42(36-44)38-22-29-45(30-23-38)59(46-31-24-39(25-32-46)43-28-35-53-52-16-4-6-21-56(52)61-57(53)37-43)47-33-26-41(27-34-47)50-18-9-19-54-51-15-3-5-20-55(51)60-58(50)54/h1-37H. The first-order valence-corrected chi connectivity index (χ1v) is 21.5. The highest BCUT2D eigenvalue weighted by molar-refractivity contribution is 7.25. The van der Waals surface area contributed by atoms with Crippen LogP contribution < -0.4 is 4.90 Å². The second-order valence-corrected chi connectivity index (χ2v) is 16.8. The van der Waals surface area contributed by atoms with Crippen LogP contribution in [-0.2, 0) is 0 Å². The first-order chi connectivity index (χ1) is 30.2. The summed E-state index contributed by atoms with van der Waals surface area (Å²) < 4.78 is 9.06. The summed E-state index contributed by atoms with van der Waals surface area (Å²) in [7, 11) is 0. The predicted molar refractivity (Wildman–Crippen MR) is 261 cm³/mol. The Bertz CT molecular complexity index is 3570. The third-order valence-electron chi connectivity index (χ3n) is 12.1. The lowest BCUT2D eigenvalue weighted by molar-refractivity contribution is 0.670. The molecule has 3 heteroatoms. The van der Waals surface area contributed by atoms with Crippen LogP contribution in [0.2, 0.25) is 0 Å². The van der Waals surface area contributed by atoms with Gasteiger partial charge in [0.1, 0.15) is 11.2 Å². The van der Waals surface area contributed by atoms with Crippen molar-refractivity contribution in [2.75, 3.05) is 4.90 Å². The number of hydrogen-bond donors (Lipinski definition) is 0. The normalized spacial score (nSPS) is 11.6. The van der Waals surface area contributed by atoms with Gasteiger partial charge in [-0.3, -0.25) is 0 Å². The maximum absolute atomic E-state index is 6.43. The zero-order valence-corrected chi connectivity index (χ0v) is 33.9. The van der Waals surface area contributed by atoms with Crippen LogP contribution in [0.15, 0.2) is 229 Å². The molecule has 0 bridgehead atoms. The molecule has 10 aromatic carbocycles. The molecule has 0 atom stereocenters. The Morgan fingerprint density at radius 1 is 0.311 bits per heavy atom. The van der Waals surface area contributed by atoms with Gasteiger partial charge in [0, 0.05) is 53.6 Å². The molecule has 61 heavy (non-hydrogen) atoms. The molecule has 0 N–H and O–H groups in total. The average Bonchev–Trinajstić information content (AvgIpc) is 3.91. The summed E-state index contributed by atoms with van der Waals surface area (Å²) in [5.74, 6) is 0. The quantitative estimate of drug-likeness (QED) is 0.160. The maximum Gasteiger partial charge on any atom is 0.143 e. The fourth-order valence-electron chi connectivity index (χ4n) is 9.07. The molecule has 0 aliphatic heterocycles. The Hall–Kier alpha value is -7.72. The fourth-order valence-corrected chi connectivity index (χ4v) is 10.2. The van der Waals surface area contributed by atoms with Crippen molar-refractivity contribution in [2.45, 2.75) is 0 Å². The number of thiophene rings is 1. The van der Waals surface area contributed by atoms with Gasteiger partial charge >= 0.3 is 0 Å². The Labute approximate surface area is 357 Å². The van der Waals surface area contributed by atoms with Crippen LogP contribution in [0.5, 0.6) is 0 Å². The highest BCUT2D eigenvalue weighted by Gasteiger charge is 2.17. The van der Waals surface area contributed by atoms with E-state index in [9.17, 15) is 0 Å². The number of nitrogens with zero attached hydrogens (tertiary/aromatic N) is 1. The van der Waals surface area contributed by atoms with E-state index in [0.29, 0.717) is 0 Å². The lowest BCUT2D eigenvalue weighted by Gasteiger charge is -2.26. The number of furan rings is 1. The van der Waals surface area contributed by atoms with Gasteiger partial charge in [0.25, 0.3) is 0 Å². The van der Waals surface area contributed by atoms with E-state index < -0.39 is 0 Å². The summed E-state index contributed by atoms with van der Waals surface area (Å²) >= 11 is 1.86. The second-order valence-electron chi connectivity index (χ2n) is 15.7. The molecule has 0 saturated heterocycles. The van der Waals surface area contributed by atoms with Crippen LogP contribution >= 0.6 is 11.3 Å². The van der Waals surface area contributed by atoms with Crippen molar-refractivity contribution in [1.29, 1.82) is 0 Å². The first-order valence-electron chi connectivity index (χ1n) is 20.7. The summed E-state index contributed by atoms with van der Waals surface area (Å²) in [5.41, 5.74) is 14.5. The van der Waals surface area contributed by atoms with Gasteiger partial charge < -0.3 is 9.32 Å². The van der Waals surface area contributed by atoms with Gasteiger partial charge in [-0.15, -0.1) is 11.3 Å². The molecule has 12 aromatic rings. The number of rotatable bonds is 7. The molecule has 2 nitrogen and oxygen atoms in total. The highest BCUT2D eigenvalue weighted by atomic mass is 32.1. The Balaban J connectivity index is 0.918. The number of fused-ring (bicyclic) bond motifs is 7. The lowest BCUT2D eigenvalue weighted by Crippen LogP contribution is -2.09. The molecule has 12 rings (SSSR count). The van der Waals surface area contributed by atoms with E-state index in [2.05, 4.69) is 217 Å². The van der Waals surface area contributed by atoms with Gasteiger partial charge in [0.2, 0.25) is 0 Å². The van der Waals surface area contributed by atoms with Gasteiger partial charge in [-0.2, -0.15) is 0 Å². The van der Waals surface area contributed by atoms with Crippen molar-refractivity contribution in [3.05, 3.63) is 224 Å². The van der Waals surface area contributed by atoms with Crippen LogP contribution in [0.3, 0.4) is 0 Å². The summed E-state index contributed by atoms with van der Waals surface area (Å²) in [6, 6.07) is 81.1. The van der Waals surface area contributed by atoms with Gasteiger partial charge in [0.15, 0.2) is 0 Å². The molecule has 0 saturated carbocycles. The summed E-state index contributed by atoms with van der Waals surface area (Å²) in [4.78, 5) is 2.35. The van der Waals surface area contributed by atoms with E-state index in [1.807, 2.05) is 23.5 Å². The van der Waals surface area contributed by atoms with Crippen molar-refractivity contribution >= 4 is 81.3 Å². The van der Waals surface area contributed by atoms with Crippen molar-refractivity contribution in [3.63, 3.8) is 0 Å². The molecule has 0 fully saturated rings. The molecular formula is C58H37NOS. The molecule has 0 unspecified atom stereocenters. The van der Waals surface area contributed by atoms with E-state index in [-0.39, 0.29) is 0 Å². The minimum absolute atomic E-state index is 0.906. The van der Waals surface area contributed by atoms with Crippen molar-refractivity contribution in [3.8, 4) is 44.5 Å². The maximum atomic E-state index is 6.43. The molecule has 0 spiro atoms.